The molecule has 0 aliphatic carbocycles. The lowest BCUT2D eigenvalue weighted by atomic mass is 9.86. The average molecular weight is 250 g/mol. The van der Waals surface area contributed by atoms with Gasteiger partial charge in [-0.25, -0.2) is 0 Å². The van der Waals surface area contributed by atoms with Crippen LogP contribution >= 0.6 is 11.3 Å². The molecule has 0 bridgehead atoms. The van der Waals surface area contributed by atoms with Crippen molar-refractivity contribution >= 4 is 22.2 Å². The van der Waals surface area contributed by atoms with E-state index in [4.69, 9.17) is 0 Å². The molecule has 0 radical (unpaired) electrons. The summed E-state index contributed by atoms with van der Waals surface area (Å²) in [5.41, 5.74) is 1.50. The van der Waals surface area contributed by atoms with E-state index in [0.29, 0.717) is 10.6 Å². The number of nitriles is 1. The number of amides is 1. The number of nitrogens with one attached hydrogen (secondary N) is 1. The number of thiophene rings is 1. The summed E-state index contributed by atoms with van der Waals surface area (Å²) >= 11 is 1.42. The van der Waals surface area contributed by atoms with E-state index in [0.717, 1.165) is 5.56 Å². The number of hydrogen-bond acceptors (Lipinski definition) is 3. The van der Waals surface area contributed by atoms with Crippen LogP contribution in [0.1, 0.15) is 45.7 Å². The molecule has 1 heterocycles. The van der Waals surface area contributed by atoms with E-state index < -0.39 is 0 Å². The Morgan fingerprint density at radius 1 is 1.47 bits per heavy atom. The van der Waals surface area contributed by atoms with Crippen molar-refractivity contribution in [1.82, 2.24) is 0 Å². The minimum atomic E-state index is -0.0817. The zero-order valence-electron chi connectivity index (χ0n) is 10.9. The fourth-order valence-corrected chi connectivity index (χ4v) is 2.51. The van der Waals surface area contributed by atoms with Crippen LogP contribution in [0.3, 0.4) is 0 Å². The summed E-state index contributed by atoms with van der Waals surface area (Å²) in [6, 6.07) is 2.19. The van der Waals surface area contributed by atoms with Crippen LogP contribution in [0.2, 0.25) is 0 Å². The topological polar surface area (TPSA) is 52.9 Å². The van der Waals surface area contributed by atoms with Crippen LogP contribution in [0.5, 0.6) is 0 Å². The molecule has 1 rings (SSSR count). The van der Waals surface area contributed by atoms with E-state index in [1.165, 1.54) is 11.3 Å². The van der Waals surface area contributed by atoms with E-state index >= 15 is 0 Å². The highest BCUT2D eigenvalue weighted by Gasteiger charge is 2.23. The summed E-state index contributed by atoms with van der Waals surface area (Å²) < 4.78 is 0. The molecule has 4 heteroatoms. The summed E-state index contributed by atoms with van der Waals surface area (Å²) in [7, 11) is 0. The van der Waals surface area contributed by atoms with Gasteiger partial charge in [-0.2, -0.15) is 5.26 Å². The van der Waals surface area contributed by atoms with Gasteiger partial charge in [-0.3, -0.25) is 4.79 Å². The molecule has 0 atom stereocenters. The molecule has 3 nitrogen and oxygen atoms in total. The smallest absolute Gasteiger partial charge is 0.227 e. The average Bonchev–Trinajstić information content (AvgIpc) is 2.59. The first-order valence-electron chi connectivity index (χ1n) is 5.60. The molecule has 1 amide bonds. The van der Waals surface area contributed by atoms with Crippen LogP contribution < -0.4 is 5.32 Å². The Labute approximate surface area is 106 Å². The number of rotatable bonds is 2. The molecule has 0 saturated carbocycles. The van der Waals surface area contributed by atoms with Gasteiger partial charge in [0.2, 0.25) is 5.91 Å². The Bertz CT molecular complexity index is 461. The first-order valence-corrected chi connectivity index (χ1v) is 6.48. The molecule has 0 aliphatic rings. The van der Waals surface area contributed by atoms with Crippen LogP contribution in [-0.4, -0.2) is 5.91 Å². The van der Waals surface area contributed by atoms with Crippen molar-refractivity contribution in [2.75, 3.05) is 5.32 Å². The first-order chi connectivity index (χ1) is 7.77. The Kier molecular flexibility index (Phi) is 3.94. The van der Waals surface area contributed by atoms with Crippen molar-refractivity contribution in [2.45, 2.75) is 40.0 Å². The molecule has 1 N–H and O–H groups in total. The molecule has 1 aromatic heterocycles. The maximum Gasteiger partial charge on any atom is 0.227 e. The van der Waals surface area contributed by atoms with Crippen LogP contribution in [0.25, 0.3) is 0 Å². The second-order valence-corrected chi connectivity index (χ2v) is 6.24. The fraction of sp³-hybridized carbons (Fsp3) is 0.538. The van der Waals surface area contributed by atoms with Crippen molar-refractivity contribution in [3.8, 4) is 6.07 Å². The maximum atomic E-state index is 11.6. The molecule has 92 valence electrons. The van der Waals surface area contributed by atoms with Crippen LogP contribution in [-0.2, 0) is 10.2 Å². The third kappa shape index (κ3) is 3.07. The standard InChI is InChI=1S/C13H18N2OS/c1-8(2)11(16)15-12-9(6-14)10(7-17-12)13(3,4)5/h7-8H,1-5H3,(H,15,16). The third-order valence-corrected chi connectivity index (χ3v) is 3.37. The highest BCUT2D eigenvalue weighted by atomic mass is 32.1. The zero-order chi connectivity index (χ0) is 13.2. The van der Waals surface area contributed by atoms with Gasteiger partial charge in [0.05, 0.1) is 5.56 Å². The normalized spacial score (nSPS) is 11.4. The molecule has 0 saturated heterocycles. The summed E-state index contributed by atoms with van der Waals surface area (Å²) in [5.74, 6) is -0.134. The summed E-state index contributed by atoms with van der Waals surface area (Å²) in [4.78, 5) is 11.6. The summed E-state index contributed by atoms with van der Waals surface area (Å²) in [5, 5.41) is 14.6. The maximum absolute atomic E-state index is 11.6. The second-order valence-electron chi connectivity index (χ2n) is 5.36. The predicted molar refractivity (Wildman–Crippen MR) is 71.2 cm³/mol. The van der Waals surface area contributed by atoms with Crippen molar-refractivity contribution in [2.24, 2.45) is 5.92 Å². The lowest BCUT2D eigenvalue weighted by molar-refractivity contribution is -0.118. The second kappa shape index (κ2) is 4.89. The number of carbonyl (C=O) groups is 1. The quantitative estimate of drug-likeness (QED) is 0.873. The fourth-order valence-electron chi connectivity index (χ4n) is 1.37. The molecule has 0 unspecified atom stereocenters. The number of anilines is 1. The van der Waals surface area contributed by atoms with Crippen molar-refractivity contribution in [3.05, 3.63) is 16.5 Å². The Morgan fingerprint density at radius 3 is 2.47 bits per heavy atom. The van der Waals surface area contributed by atoms with Crippen molar-refractivity contribution in [1.29, 1.82) is 5.26 Å². The molecule has 0 fully saturated rings. The zero-order valence-corrected chi connectivity index (χ0v) is 11.7. The Morgan fingerprint density at radius 2 is 2.06 bits per heavy atom. The number of hydrogen-bond donors (Lipinski definition) is 1. The molecule has 17 heavy (non-hydrogen) atoms. The van der Waals surface area contributed by atoms with E-state index in [2.05, 4.69) is 32.2 Å². The van der Waals surface area contributed by atoms with Crippen LogP contribution in [0, 0.1) is 17.2 Å². The predicted octanol–water partition coefficient (Wildman–Crippen LogP) is 3.51. The van der Waals surface area contributed by atoms with Gasteiger partial charge in [-0.1, -0.05) is 34.6 Å². The van der Waals surface area contributed by atoms with E-state index in [1.54, 1.807) is 0 Å². The molecular weight excluding hydrogens is 232 g/mol. The van der Waals surface area contributed by atoms with E-state index in [1.807, 2.05) is 19.2 Å². The minimum absolute atomic E-state index is 0.0520. The molecular formula is C13H18N2OS. The monoisotopic (exact) mass is 250 g/mol. The highest BCUT2D eigenvalue weighted by Crippen LogP contribution is 2.35. The van der Waals surface area contributed by atoms with Gasteiger partial charge >= 0.3 is 0 Å². The largest absolute Gasteiger partial charge is 0.316 e. The molecule has 1 aromatic rings. The van der Waals surface area contributed by atoms with E-state index in [-0.39, 0.29) is 17.2 Å². The lowest BCUT2D eigenvalue weighted by Crippen LogP contribution is -2.18. The summed E-state index contributed by atoms with van der Waals surface area (Å²) in [6.45, 7) is 9.84. The van der Waals surface area contributed by atoms with Gasteiger partial charge in [0.1, 0.15) is 11.1 Å². The van der Waals surface area contributed by atoms with Gasteiger partial charge in [-0.05, 0) is 16.4 Å². The summed E-state index contributed by atoms with van der Waals surface area (Å²) in [6.07, 6.45) is 0. The SMILES string of the molecule is CC(C)C(=O)Nc1scc(C(C)(C)C)c1C#N. The first kappa shape index (κ1) is 13.7. The van der Waals surface area contributed by atoms with Crippen molar-refractivity contribution < 1.29 is 4.79 Å². The Hall–Kier alpha value is -1.34. The van der Waals surface area contributed by atoms with E-state index in [9.17, 15) is 10.1 Å². The van der Waals surface area contributed by atoms with Gasteiger partial charge in [0, 0.05) is 5.92 Å². The highest BCUT2D eigenvalue weighted by molar-refractivity contribution is 7.14. The van der Waals surface area contributed by atoms with Gasteiger partial charge in [0.25, 0.3) is 0 Å². The van der Waals surface area contributed by atoms with Crippen LogP contribution in [0.4, 0.5) is 5.00 Å². The van der Waals surface area contributed by atoms with Crippen molar-refractivity contribution in [3.63, 3.8) is 0 Å². The number of nitrogens with zero attached hydrogens (tertiary/aromatic N) is 1. The lowest BCUT2D eigenvalue weighted by Gasteiger charge is -2.17. The third-order valence-electron chi connectivity index (χ3n) is 2.47. The number of carbonyl (C=O) groups excluding carboxylic acids is 1. The van der Waals surface area contributed by atoms with Gasteiger partial charge in [0.15, 0.2) is 0 Å². The van der Waals surface area contributed by atoms with Crippen LogP contribution in [0.15, 0.2) is 5.38 Å². The van der Waals surface area contributed by atoms with Gasteiger partial charge < -0.3 is 5.32 Å². The minimum Gasteiger partial charge on any atom is -0.316 e. The molecule has 0 spiro atoms. The van der Waals surface area contributed by atoms with Gasteiger partial charge in [-0.15, -0.1) is 11.3 Å². The molecule has 0 aromatic carbocycles. The molecule has 0 aliphatic heterocycles. The Balaban J connectivity index is 3.09.